The minimum atomic E-state index is -0.0638. The van der Waals surface area contributed by atoms with Gasteiger partial charge in [-0.05, 0) is 61.2 Å². The highest BCUT2D eigenvalue weighted by Crippen LogP contribution is 2.38. The van der Waals surface area contributed by atoms with Crippen LogP contribution in [0.5, 0.6) is 0 Å². The highest BCUT2D eigenvalue weighted by atomic mass is 15.1. The Morgan fingerprint density at radius 3 is 1.73 bits per heavy atom. The van der Waals surface area contributed by atoms with Crippen molar-refractivity contribution in [3.05, 3.63) is 149 Å². The Kier molecular flexibility index (Phi) is 7.32. The Labute approximate surface area is 220 Å². The fraction of sp³-hybridized carbons (Fsp3) is 0.147. The van der Waals surface area contributed by atoms with E-state index in [9.17, 15) is 0 Å². The van der Waals surface area contributed by atoms with Gasteiger partial charge in [-0.15, -0.1) is 0 Å². The summed E-state index contributed by atoms with van der Waals surface area (Å²) in [7, 11) is 0. The molecule has 0 bridgehead atoms. The number of benzene rings is 4. The zero-order valence-electron chi connectivity index (χ0n) is 21.6. The van der Waals surface area contributed by atoms with Gasteiger partial charge in [-0.1, -0.05) is 108 Å². The maximum Gasteiger partial charge on any atom is 0.126 e. The van der Waals surface area contributed by atoms with Crippen LogP contribution in [0.4, 0.5) is 11.5 Å². The van der Waals surface area contributed by atoms with Gasteiger partial charge >= 0.3 is 0 Å². The molecule has 2 N–H and O–H groups in total. The van der Waals surface area contributed by atoms with Crippen LogP contribution in [0, 0.1) is 20.8 Å². The second-order valence-electron chi connectivity index (χ2n) is 9.71. The monoisotopic (exact) mass is 483 g/mol. The summed E-state index contributed by atoms with van der Waals surface area (Å²) in [5.41, 5.74) is 9.67. The smallest absolute Gasteiger partial charge is 0.126 e. The Hall–Kier alpha value is -4.37. The van der Waals surface area contributed by atoms with Gasteiger partial charge in [0.25, 0.3) is 0 Å². The van der Waals surface area contributed by atoms with Crippen molar-refractivity contribution in [3.63, 3.8) is 0 Å². The molecule has 4 aromatic carbocycles. The molecule has 0 radical (unpaired) electrons. The first-order valence-electron chi connectivity index (χ1n) is 12.8. The first kappa shape index (κ1) is 24.3. The third-order valence-electron chi connectivity index (χ3n) is 6.64. The number of hydrogen-bond acceptors (Lipinski definition) is 3. The average molecular weight is 484 g/mol. The molecule has 5 aromatic rings. The molecule has 0 aliphatic rings. The van der Waals surface area contributed by atoms with E-state index in [4.69, 9.17) is 0 Å². The number of aromatic nitrogens is 1. The summed E-state index contributed by atoms with van der Waals surface area (Å²) >= 11 is 0. The zero-order chi connectivity index (χ0) is 25.6. The van der Waals surface area contributed by atoms with Crippen LogP contribution in [-0.2, 0) is 0 Å². The molecule has 0 aliphatic heterocycles. The quantitative estimate of drug-likeness (QED) is 0.232. The lowest BCUT2D eigenvalue weighted by Gasteiger charge is -2.32. The fourth-order valence-corrected chi connectivity index (χ4v) is 4.97. The number of nitrogens with zero attached hydrogens (tertiary/aromatic N) is 1. The number of pyridine rings is 1. The normalized spacial score (nSPS) is 12.5. The highest BCUT2D eigenvalue weighted by molar-refractivity contribution is 5.79. The predicted octanol–water partition coefficient (Wildman–Crippen LogP) is 8.68. The van der Waals surface area contributed by atoms with Crippen LogP contribution in [0.2, 0.25) is 0 Å². The number of anilines is 2. The first-order valence-corrected chi connectivity index (χ1v) is 12.8. The summed E-state index contributed by atoms with van der Waals surface area (Å²) in [4.78, 5) is 4.59. The minimum absolute atomic E-state index is 0.0583. The molecule has 3 heteroatoms. The molecule has 0 amide bonds. The van der Waals surface area contributed by atoms with E-state index < -0.39 is 0 Å². The van der Waals surface area contributed by atoms with E-state index in [1.54, 1.807) is 0 Å². The molecule has 1 heterocycles. The second kappa shape index (κ2) is 11.1. The summed E-state index contributed by atoms with van der Waals surface area (Å²) in [6.07, 6.45) is 1.83. The summed E-state index contributed by atoms with van der Waals surface area (Å²) in [6, 6.07) is 40.6. The van der Waals surface area contributed by atoms with Gasteiger partial charge in [0.05, 0.1) is 12.1 Å². The van der Waals surface area contributed by atoms with Crippen molar-refractivity contribution in [2.45, 2.75) is 32.9 Å². The summed E-state index contributed by atoms with van der Waals surface area (Å²) in [5, 5.41) is 7.70. The lowest BCUT2D eigenvalue weighted by Crippen LogP contribution is -2.26. The number of hydrogen-bond donors (Lipinski definition) is 2. The molecule has 0 aliphatic carbocycles. The number of nitrogens with one attached hydrogen (secondary N) is 2. The van der Waals surface area contributed by atoms with Crippen LogP contribution >= 0.6 is 0 Å². The van der Waals surface area contributed by atoms with Crippen LogP contribution < -0.4 is 10.6 Å². The van der Waals surface area contributed by atoms with Gasteiger partial charge in [0.15, 0.2) is 0 Å². The SMILES string of the molecule is Cc1cc(C)cc(-c2ccc(C)cc2N[C@@H](c2ccccc2)[C@@H](Nc2ccccn2)c2ccccc2)c1. The van der Waals surface area contributed by atoms with Crippen molar-refractivity contribution in [1.82, 2.24) is 4.98 Å². The topological polar surface area (TPSA) is 37.0 Å². The number of rotatable bonds is 8. The molecule has 0 unspecified atom stereocenters. The zero-order valence-corrected chi connectivity index (χ0v) is 21.6. The third kappa shape index (κ3) is 5.90. The van der Waals surface area contributed by atoms with Crippen molar-refractivity contribution < 1.29 is 0 Å². The van der Waals surface area contributed by atoms with E-state index in [-0.39, 0.29) is 12.1 Å². The molecule has 0 saturated carbocycles. The van der Waals surface area contributed by atoms with Crippen LogP contribution in [0.15, 0.2) is 121 Å². The van der Waals surface area contributed by atoms with Gasteiger partial charge in [-0.25, -0.2) is 4.98 Å². The van der Waals surface area contributed by atoms with Crippen molar-refractivity contribution in [1.29, 1.82) is 0 Å². The largest absolute Gasteiger partial charge is 0.375 e. The van der Waals surface area contributed by atoms with Gasteiger partial charge < -0.3 is 10.6 Å². The van der Waals surface area contributed by atoms with E-state index in [1.165, 1.54) is 38.9 Å². The van der Waals surface area contributed by atoms with Crippen LogP contribution in [0.1, 0.15) is 39.9 Å². The Morgan fingerprint density at radius 2 is 1.14 bits per heavy atom. The maximum absolute atomic E-state index is 4.59. The van der Waals surface area contributed by atoms with Gasteiger partial charge in [0, 0.05) is 17.4 Å². The van der Waals surface area contributed by atoms with Crippen LogP contribution in [-0.4, -0.2) is 4.98 Å². The molecule has 1 aromatic heterocycles. The van der Waals surface area contributed by atoms with Gasteiger partial charge in [0.1, 0.15) is 5.82 Å². The molecule has 0 saturated heterocycles. The molecule has 184 valence electrons. The van der Waals surface area contributed by atoms with Crippen molar-refractivity contribution in [2.75, 3.05) is 10.6 Å². The lowest BCUT2D eigenvalue weighted by molar-refractivity contribution is 0.647. The van der Waals surface area contributed by atoms with Crippen molar-refractivity contribution in [3.8, 4) is 11.1 Å². The van der Waals surface area contributed by atoms with Crippen molar-refractivity contribution in [2.24, 2.45) is 0 Å². The van der Waals surface area contributed by atoms with E-state index in [0.717, 1.165) is 11.5 Å². The molecule has 0 spiro atoms. The molecule has 37 heavy (non-hydrogen) atoms. The van der Waals surface area contributed by atoms with Crippen molar-refractivity contribution >= 4 is 11.5 Å². The Bertz CT molecular complexity index is 1430. The predicted molar refractivity (Wildman–Crippen MR) is 156 cm³/mol. The van der Waals surface area contributed by atoms with Crippen LogP contribution in [0.3, 0.4) is 0 Å². The summed E-state index contributed by atoms with van der Waals surface area (Å²) in [6.45, 7) is 6.47. The molecule has 3 nitrogen and oxygen atoms in total. The molecular weight excluding hydrogens is 450 g/mol. The standard InChI is InChI=1S/C34H33N3/c1-24-17-18-30(29-21-25(2)20-26(3)22-29)31(23-24)36-33(27-12-6-4-7-13-27)34(28-14-8-5-9-15-28)37-32-16-10-11-19-35-32/h4-23,33-34,36H,1-3H3,(H,35,37)/t33-,34-/m0/s1. The van der Waals surface area contributed by atoms with Crippen LogP contribution in [0.25, 0.3) is 11.1 Å². The molecule has 5 rings (SSSR count). The van der Waals surface area contributed by atoms with E-state index in [2.05, 4.69) is 133 Å². The number of aryl methyl sites for hydroxylation is 3. The molecule has 0 fully saturated rings. The molecule has 2 atom stereocenters. The third-order valence-corrected chi connectivity index (χ3v) is 6.64. The van der Waals surface area contributed by atoms with Gasteiger partial charge in [-0.3, -0.25) is 0 Å². The maximum atomic E-state index is 4.59. The summed E-state index contributed by atoms with van der Waals surface area (Å²) < 4.78 is 0. The molecular formula is C34H33N3. The summed E-state index contributed by atoms with van der Waals surface area (Å²) in [5.74, 6) is 0.845. The highest BCUT2D eigenvalue weighted by Gasteiger charge is 2.26. The van der Waals surface area contributed by atoms with E-state index in [0.29, 0.717) is 0 Å². The second-order valence-corrected chi connectivity index (χ2v) is 9.71. The lowest BCUT2D eigenvalue weighted by atomic mass is 9.91. The minimum Gasteiger partial charge on any atom is -0.375 e. The van der Waals surface area contributed by atoms with E-state index >= 15 is 0 Å². The average Bonchev–Trinajstić information content (AvgIpc) is 2.92. The Balaban J connectivity index is 1.63. The van der Waals surface area contributed by atoms with E-state index in [1.807, 2.05) is 24.4 Å². The first-order chi connectivity index (χ1) is 18.1. The van der Waals surface area contributed by atoms with Gasteiger partial charge in [0.2, 0.25) is 0 Å². The Morgan fingerprint density at radius 1 is 0.541 bits per heavy atom. The fourth-order valence-electron chi connectivity index (χ4n) is 4.97. The van der Waals surface area contributed by atoms with Gasteiger partial charge in [-0.2, -0.15) is 0 Å².